The van der Waals surface area contributed by atoms with Crippen molar-refractivity contribution in [2.24, 2.45) is 0 Å². The van der Waals surface area contributed by atoms with Gasteiger partial charge >= 0.3 is 0 Å². The van der Waals surface area contributed by atoms with E-state index in [1.165, 1.54) is 6.92 Å². The fraction of sp³-hybridized carbons (Fsp3) is 0.545. The van der Waals surface area contributed by atoms with E-state index in [1.807, 2.05) is 27.7 Å². The summed E-state index contributed by atoms with van der Waals surface area (Å²) in [6.07, 6.45) is 1.62. The normalized spacial score (nSPS) is 9.29. The summed E-state index contributed by atoms with van der Waals surface area (Å²) < 4.78 is 0. The Kier molecular flexibility index (Phi) is 5.68. The largest absolute Gasteiger partial charge is 0.293 e. The first kappa shape index (κ1) is 12.8. The highest BCUT2D eigenvalue weighted by Gasteiger charge is 2.05. The average Bonchev–Trinajstić information content (AvgIpc) is 2.21. The van der Waals surface area contributed by atoms with Crippen molar-refractivity contribution in [1.82, 2.24) is 9.97 Å². The number of hydrogen-bond acceptors (Lipinski definition) is 3. The van der Waals surface area contributed by atoms with E-state index in [0.717, 1.165) is 5.82 Å². The van der Waals surface area contributed by atoms with Crippen molar-refractivity contribution in [2.75, 3.05) is 0 Å². The topological polar surface area (TPSA) is 42.9 Å². The predicted octanol–water partition coefficient (Wildman–Crippen LogP) is 2.83. The summed E-state index contributed by atoms with van der Waals surface area (Å²) in [4.78, 5) is 19.1. The van der Waals surface area contributed by atoms with Crippen molar-refractivity contribution in [2.45, 2.75) is 40.5 Å². The third-order valence-electron chi connectivity index (χ3n) is 1.55. The fourth-order valence-corrected chi connectivity index (χ4v) is 0.848. The molecule has 0 aliphatic carbocycles. The van der Waals surface area contributed by atoms with Gasteiger partial charge in [-0.15, -0.1) is 0 Å². The van der Waals surface area contributed by atoms with Crippen LogP contribution in [0.3, 0.4) is 0 Å². The Morgan fingerprint density at radius 2 is 1.93 bits per heavy atom. The molecule has 0 amide bonds. The van der Waals surface area contributed by atoms with Gasteiger partial charge in [0.25, 0.3) is 0 Å². The van der Waals surface area contributed by atoms with Gasteiger partial charge in [-0.1, -0.05) is 27.7 Å². The molecule has 3 nitrogen and oxygen atoms in total. The molecule has 0 saturated carbocycles. The van der Waals surface area contributed by atoms with E-state index in [9.17, 15) is 4.79 Å². The van der Waals surface area contributed by atoms with Crippen molar-refractivity contribution in [3.05, 3.63) is 23.8 Å². The lowest BCUT2D eigenvalue weighted by Gasteiger charge is -2.02. The lowest BCUT2D eigenvalue weighted by Crippen LogP contribution is -2.03. The molecule has 0 bridgehead atoms. The first-order valence-electron chi connectivity index (χ1n) is 4.95. The smallest absolute Gasteiger partial charge is 0.178 e. The van der Waals surface area contributed by atoms with E-state index in [-0.39, 0.29) is 11.7 Å². The van der Waals surface area contributed by atoms with Gasteiger partial charge in [0, 0.05) is 19.0 Å². The molecule has 0 N–H and O–H groups in total. The number of aromatic nitrogens is 2. The summed E-state index contributed by atoms with van der Waals surface area (Å²) in [6, 6.07) is 1.63. The minimum absolute atomic E-state index is 0.0145. The average molecular weight is 194 g/mol. The predicted molar refractivity (Wildman–Crippen MR) is 57.5 cm³/mol. The molecule has 0 radical (unpaired) electrons. The molecule has 1 aromatic rings. The lowest BCUT2D eigenvalue weighted by molar-refractivity contribution is 0.101. The molecule has 0 unspecified atom stereocenters. The molecular weight excluding hydrogens is 176 g/mol. The number of ketones is 1. The summed E-state index contributed by atoms with van der Waals surface area (Å²) in [5.41, 5.74) is 0.494. The second-order valence-corrected chi connectivity index (χ2v) is 3.01. The number of carbonyl (C=O) groups excluding carboxylic acids is 1. The van der Waals surface area contributed by atoms with E-state index < -0.39 is 0 Å². The maximum absolute atomic E-state index is 10.9. The van der Waals surface area contributed by atoms with Crippen LogP contribution in [0, 0.1) is 0 Å². The summed E-state index contributed by atoms with van der Waals surface area (Å²) in [7, 11) is 0. The van der Waals surface area contributed by atoms with Crippen LogP contribution in [0.1, 0.15) is 56.8 Å². The molecule has 0 aromatic carbocycles. The molecule has 0 aliphatic rings. The Balaban J connectivity index is 0.000000791. The maximum atomic E-state index is 10.9. The summed E-state index contributed by atoms with van der Waals surface area (Å²) in [6.45, 7) is 9.50. The first-order valence-corrected chi connectivity index (χ1v) is 4.95. The van der Waals surface area contributed by atoms with Crippen LogP contribution in [-0.2, 0) is 0 Å². The lowest BCUT2D eigenvalue weighted by atomic mass is 10.2. The van der Waals surface area contributed by atoms with Gasteiger partial charge in [0.15, 0.2) is 5.78 Å². The van der Waals surface area contributed by atoms with Gasteiger partial charge in [0.05, 0.1) is 0 Å². The highest BCUT2D eigenvalue weighted by molar-refractivity contribution is 5.91. The SMILES string of the molecule is CC.CC(=O)c1ccnc(C(C)C)n1. The van der Waals surface area contributed by atoms with E-state index in [4.69, 9.17) is 0 Å². The van der Waals surface area contributed by atoms with Crippen LogP contribution in [0.5, 0.6) is 0 Å². The van der Waals surface area contributed by atoms with Crippen molar-refractivity contribution in [1.29, 1.82) is 0 Å². The van der Waals surface area contributed by atoms with Crippen molar-refractivity contribution in [3.63, 3.8) is 0 Å². The Labute approximate surface area is 85.6 Å². The van der Waals surface area contributed by atoms with Crippen LogP contribution < -0.4 is 0 Å². The number of rotatable bonds is 2. The number of carbonyl (C=O) groups is 1. The van der Waals surface area contributed by atoms with Gasteiger partial charge in [-0.25, -0.2) is 9.97 Å². The summed E-state index contributed by atoms with van der Waals surface area (Å²) >= 11 is 0. The van der Waals surface area contributed by atoms with Crippen molar-refractivity contribution >= 4 is 5.78 Å². The zero-order valence-electron chi connectivity index (χ0n) is 9.53. The van der Waals surface area contributed by atoms with Crippen LogP contribution in [0.2, 0.25) is 0 Å². The Morgan fingerprint density at radius 1 is 1.36 bits per heavy atom. The van der Waals surface area contributed by atoms with Gasteiger partial charge < -0.3 is 0 Å². The first-order chi connectivity index (χ1) is 6.61. The molecule has 1 aromatic heterocycles. The van der Waals surface area contributed by atoms with Crippen LogP contribution in [0.25, 0.3) is 0 Å². The standard InChI is InChI=1S/C9H12N2O.C2H6/c1-6(2)9-10-5-4-8(11-9)7(3)12;1-2/h4-6H,1-3H3;1-2H3. The Bertz CT molecular complexity index is 295. The molecule has 0 aliphatic heterocycles. The Morgan fingerprint density at radius 3 is 2.36 bits per heavy atom. The molecular formula is C11H18N2O. The molecule has 78 valence electrons. The van der Waals surface area contributed by atoms with Gasteiger partial charge in [0.1, 0.15) is 11.5 Å². The van der Waals surface area contributed by atoms with Crippen LogP contribution >= 0.6 is 0 Å². The molecule has 14 heavy (non-hydrogen) atoms. The molecule has 3 heteroatoms. The van der Waals surface area contributed by atoms with Crippen LogP contribution in [0.4, 0.5) is 0 Å². The summed E-state index contributed by atoms with van der Waals surface area (Å²) in [5, 5.41) is 0. The van der Waals surface area contributed by atoms with E-state index >= 15 is 0 Å². The van der Waals surface area contributed by atoms with Crippen molar-refractivity contribution in [3.8, 4) is 0 Å². The van der Waals surface area contributed by atoms with E-state index in [1.54, 1.807) is 12.3 Å². The maximum Gasteiger partial charge on any atom is 0.178 e. The second kappa shape index (κ2) is 6.24. The van der Waals surface area contributed by atoms with E-state index in [0.29, 0.717) is 5.69 Å². The molecule has 1 rings (SSSR count). The zero-order valence-corrected chi connectivity index (χ0v) is 9.53. The molecule has 0 fully saturated rings. The van der Waals surface area contributed by atoms with Crippen LogP contribution in [-0.4, -0.2) is 15.8 Å². The molecule has 0 saturated heterocycles. The summed E-state index contributed by atoms with van der Waals surface area (Å²) in [5.74, 6) is 0.978. The monoisotopic (exact) mass is 194 g/mol. The molecule has 0 spiro atoms. The highest BCUT2D eigenvalue weighted by atomic mass is 16.1. The highest BCUT2D eigenvalue weighted by Crippen LogP contribution is 2.08. The minimum Gasteiger partial charge on any atom is -0.293 e. The number of nitrogens with zero attached hydrogens (tertiary/aromatic N) is 2. The van der Waals surface area contributed by atoms with Crippen molar-refractivity contribution < 1.29 is 4.79 Å². The van der Waals surface area contributed by atoms with Gasteiger partial charge in [-0.2, -0.15) is 0 Å². The quantitative estimate of drug-likeness (QED) is 0.680. The fourth-order valence-electron chi connectivity index (χ4n) is 0.848. The third kappa shape index (κ3) is 3.64. The molecule has 0 atom stereocenters. The van der Waals surface area contributed by atoms with Gasteiger partial charge in [0.2, 0.25) is 0 Å². The number of Topliss-reactive ketones (excluding diaryl/α,β-unsaturated/α-hetero) is 1. The van der Waals surface area contributed by atoms with Crippen LogP contribution in [0.15, 0.2) is 12.3 Å². The zero-order chi connectivity index (χ0) is 11.1. The number of hydrogen-bond donors (Lipinski definition) is 0. The van der Waals surface area contributed by atoms with Gasteiger partial charge in [-0.3, -0.25) is 4.79 Å². The second-order valence-electron chi connectivity index (χ2n) is 3.01. The Hall–Kier alpha value is -1.25. The third-order valence-corrected chi connectivity index (χ3v) is 1.55. The van der Waals surface area contributed by atoms with Gasteiger partial charge in [-0.05, 0) is 6.07 Å². The van der Waals surface area contributed by atoms with E-state index in [2.05, 4.69) is 9.97 Å². The molecule has 1 heterocycles. The minimum atomic E-state index is -0.0145.